The number of amides is 3. The van der Waals surface area contributed by atoms with Crippen LogP contribution in [0, 0.1) is 5.92 Å². The van der Waals surface area contributed by atoms with Crippen LogP contribution in [-0.4, -0.2) is 41.2 Å². The van der Waals surface area contributed by atoms with Crippen molar-refractivity contribution in [3.05, 3.63) is 35.9 Å². The van der Waals surface area contributed by atoms with Gasteiger partial charge in [-0.2, -0.15) is 5.48 Å². The molecule has 0 fully saturated rings. The molecule has 3 atom stereocenters. The van der Waals surface area contributed by atoms with Gasteiger partial charge in [0, 0.05) is 0 Å². The van der Waals surface area contributed by atoms with Crippen molar-refractivity contribution in [1.82, 2.24) is 15.6 Å². The van der Waals surface area contributed by atoms with E-state index in [0.717, 1.165) is 5.56 Å². The van der Waals surface area contributed by atoms with Gasteiger partial charge in [0.2, 0.25) is 0 Å². The largest absolute Gasteiger partial charge is 0.382 e. The van der Waals surface area contributed by atoms with Gasteiger partial charge in [0.05, 0.1) is 6.04 Å². The molecule has 3 amide bonds. The van der Waals surface area contributed by atoms with Gasteiger partial charge >= 0.3 is 12.0 Å². The van der Waals surface area contributed by atoms with Gasteiger partial charge in [0.25, 0.3) is 5.91 Å². The summed E-state index contributed by atoms with van der Waals surface area (Å²) in [6.07, 6.45) is -0.995. The molecule has 0 aromatic heterocycles. The molecule has 150 valence electrons. The van der Waals surface area contributed by atoms with E-state index in [1.54, 1.807) is 5.48 Å². The Kier molecular flexibility index (Phi) is 9.55. The smallest absolute Gasteiger partial charge is 0.354 e. The minimum atomic E-state index is -1.52. The Labute approximate surface area is 162 Å². The minimum Gasteiger partial charge on any atom is -0.382 e. The van der Waals surface area contributed by atoms with E-state index in [0.29, 0.717) is 6.42 Å². The van der Waals surface area contributed by atoms with Crippen molar-refractivity contribution >= 4 is 29.7 Å². The first kappa shape index (κ1) is 22.7. The number of carbonyl (C=O) groups excluding carboxylic acids is 3. The second-order valence-corrected chi connectivity index (χ2v) is 6.65. The van der Waals surface area contributed by atoms with Crippen LogP contribution in [0.1, 0.15) is 25.8 Å². The first-order valence-electron chi connectivity index (χ1n) is 8.39. The Morgan fingerprint density at radius 1 is 1.22 bits per heavy atom. The Hall–Kier alpha value is -2.36. The van der Waals surface area contributed by atoms with E-state index in [1.165, 1.54) is 0 Å². The van der Waals surface area contributed by atoms with Crippen LogP contribution >= 0.6 is 11.8 Å². The van der Waals surface area contributed by atoms with Crippen molar-refractivity contribution in [3.8, 4) is 0 Å². The average molecular weight is 401 g/mol. The number of halogens is 1. The molecule has 0 aliphatic rings. The van der Waals surface area contributed by atoms with Crippen molar-refractivity contribution in [2.45, 2.75) is 44.9 Å². The van der Waals surface area contributed by atoms with Crippen LogP contribution < -0.4 is 21.4 Å². The van der Waals surface area contributed by atoms with E-state index in [1.807, 2.05) is 44.2 Å². The maximum absolute atomic E-state index is 12.4. The molecule has 0 saturated carbocycles. The van der Waals surface area contributed by atoms with Crippen LogP contribution in [-0.2, 0) is 20.8 Å². The normalized spacial score (nSPS) is 14.1. The minimum absolute atomic E-state index is 0.0276. The van der Waals surface area contributed by atoms with Crippen molar-refractivity contribution in [3.63, 3.8) is 0 Å². The summed E-state index contributed by atoms with van der Waals surface area (Å²) in [4.78, 5) is 42.0. The lowest BCUT2D eigenvalue weighted by Crippen LogP contribution is -2.53. The van der Waals surface area contributed by atoms with Crippen molar-refractivity contribution in [1.29, 1.82) is 0 Å². The summed E-state index contributed by atoms with van der Waals surface area (Å²) in [5.74, 6) is -1.67. The molecule has 1 aromatic carbocycles. The maximum atomic E-state index is 12.4. The lowest BCUT2D eigenvalue weighted by molar-refractivity contribution is -0.154. The molecule has 0 radical (unpaired) electrons. The quantitative estimate of drug-likeness (QED) is 0.299. The lowest BCUT2D eigenvalue weighted by atomic mass is 10.00. The average Bonchev–Trinajstić information content (AvgIpc) is 2.63. The molecule has 0 aliphatic heterocycles. The van der Waals surface area contributed by atoms with E-state index in [9.17, 15) is 19.5 Å². The Balaban J connectivity index is 2.76. The monoisotopic (exact) mass is 400 g/mol. The van der Waals surface area contributed by atoms with Crippen molar-refractivity contribution in [2.24, 2.45) is 11.7 Å². The molecule has 1 aromatic rings. The molecule has 6 N–H and O–H groups in total. The first-order valence-corrected chi connectivity index (χ1v) is 8.77. The number of hydroxylamine groups is 1. The van der Waals surface area contributed by atoms with Crippen LogP contribution in [0.25, 0.3) is 0 Å². The lowest BCUT2D eigenvalue weighted by Gasteiger charge is -2.24. The van der Waals surface area contributed by atoms with Crippen LogP contribution in [0.5, 0.6) is 0 Å². The third-order valence-electron chi connectivity index (χ3n) is 3.65. The van der Waals surface area contributed by atoms with Gasteiger partial charge in [-0.15, -0.1) is 0 Å². The molecule has 0 aliphatic carbocycles. The third kappa shape index (κ3) is 8.25. The van der Waals surface area contributed by atoms with E-state index in [4.69, 9.17) is 17.5 Å². The number of urea groups is 1. The second kappa shape index (κ2) is 11.4. The van der Waals surface area contributed by atoms with Crippen LogP contribution in [0.4, 0.5) is 4.79 Å². The molecule has 0 spiro atoms. The Bertz CT molecular complexity index is 629. The number of aliphatic hydroxyl groups excluding tert-OH is 1. The highest BCUT2D eigenvalue weighted by Gasteiger charge is 2.31. The zero-order valence-corrected chi connectivity index (χ0v) is 15.9. The molecule has 9 nitrogen and oxygen atoms in total. The standard InChI is InChI=1S/C17H25ClN4O5/c1-10(2)8-13(16(25)27-22-17(19)26)20-15(24)14(23)12(21-18)9-11-6-4-3-5-7-11/h3-7,10,12-14,21,23H,8-9H2,1-2H3,(H,20,24)(H3,19,22,26)/t12-,13+,14+/m1/s1. The number of rotatable bonds is 9. The molecule has 0 unspecified atom stereocenters. The molecule has 0 bridgehead atoms. The SMILES string of the molecule is CC(C)C[C@H](NC(=O)[C@@H](O)[C@@H](Cc1ccccc1)NCl)C(=O)ONC(N)=O. The van der Waals surface area contributed by atoms with Gasteiger partial charge in [-0.1, -0.05) is 44.2 Å². The number of primary amides is 1. The number of hydrogen-bond acceptors (Lipinski definition) is 6. The van der Waals surface area contributed by atoms with Crippen molar-refractivity contribution in [2.75, 3.05) is 0 Å². The summed E-state index contributed by atoms with van der Waals surface area (Å²) in [7, 11) is 0. The number of carbonyl (C=O) groups is 3. The van der Waals surface area contributed by atoms with E-state index in [-0.39, 0.29) is 12.3 Å². The number of hydrogen-bond donors (Lipinski definition) is 5. The number of nitrogens with two attached hydrogens (primary N) is 1. The summed E-state index contributed by atoms with van der Waals surface area (Å²) in [5, 5.41) is 12.7. The van der Waals surface area contributed by atoms with Crippen LogP contribution in [0.15, 0.2) is 30.3 Å². The second-order valence-electron chi connectivity index (χ2n) is 6.43. The number of benzene rings is 1. The predicted molar refractivity (Wildman–Crippen MR) is 99.1 cm³/mol. The molecule has 0 saturated heterocycles. The van der Waals surface area contributed by atoms with Gasteiger partial charge in [0.15, 0.2) is 0 Å². The first-order chi connectivity index (χ1) is 12.7. The molecule has 27 heavy (non-hydrogen) atoms. The van der Waals surface area contributed by atoms with E-state index >= 15 is 0 Å². The fourth-order valence-electron chi connectivity index (χ4n) is 2.37. The highest BCUT2D eigenvalue weighted by Crippen LogP contribution is 2.10. The topological polar surface area (TPSA) is 143 Å². The Morgan fingerprint density at radius 2 is 1.85 bits per heavy atom. The summed E-state index contributed by atoms with van der Waals surface area (Å²) < 4.78 is 0. The van der Waals surface area contributed by atoms with Gasteiger partial charge in [0.1, 0.15) is 12.1 Å². The zero-order valence-electron chi connectivity index (χ0n) is 15.1. The van der Waals surface area contributed by atoms with E-state index in [2.05, 4.69) is 15.0 Å². The van der Waals surface area contributed by atoms with Crippen LogP contribution in [0.2, 0.25) is 0 Å². The highest BCUT2D eigenvalue weighted by atomic mass is 35.5. The summed E-state index contributed by atoms with van der Waals surface area (Å²) in [6, 6.07) is 6.26. The fourth-order valence-corrected chi connectivity index (χ4v) is 2.57. The zero-order chi connectivity index (χ0) is 20.4. The van der Waals surface area contributed by atoms with Crippen molar-refractivity contribution < 1.29 is 24.3 Å². The number of aliphatic hydroxyl groups is 1. The summed E-state index contributed by atoms with van der Waals surface area (Å²) in [5.41, 5.74) is 7.42. The molecular formula is C17H25ClN4O5. The third-order valence-corrected chi connectivity index (χ3v) is 3.93. The molecule has 10 heteroatoms. The predicted octanol–water partition coefficient (Wildman–Crippen LogP) is 0.359. The highest BCUT2D eigenvalue weighted by molar-refractivity contribution is 6.13. The van der Waals surface area contributed by atoms with Crippen LogP contribution in [0.3, 0.4) is 0 Å². The van der Waals surface area contributed by atoms with Gasteiger partial charge in [-0.25, -0.2) is 14.4 Å². The summed E-state index contributed by atoms with van der Waals surface area (Å²) >= 11 is 5.68. The van der Waals surface area contributed by atoms with Gasteiger partial charge < -0.3 is 21.0 Å². The fraction of sp³-hybridized carbons (Fsp3) is 0.471. The summed E-state index contributed by atoms with van der Waals surface area (Å²) in [6.45, 7) is 3.67. The van der Waals surface area contributed by atoms with Gasteiger partial charge in [-0.05, 0) is 36.1 Å². The van der Waals surface area contributed by atoms with E-state index < -0.39 is 36.1 Å². The molecule has 1 rings (SSSR count). The van der Waals surface area contributed by atoms with Gasteiger partial charge in [-0.3, -0.25) is 4.79 Å². The maximum Gasteiger partial charge on any atom is 0.354 e. The molecular weight excluding hydrogens is 376 g/mol. The Morgan fingerprint density at radius 3 is 2.37 bits per heavy atom. The molecule has 0 heterocycles. The number of nitrogens with one attached hydrogen (secondary N) is 3.